The molecule has 0 N–H and O–H groups in total. The van der Waals surface area contributed by atoms with Gasteiger partial charge in [-0.3, -0.25) is 9.59 Å². The van der Waals surface area contributed by atoms with Crippen LogP contribution < -0.4 is 0 Å². The van der Waals surface area contributed by atoms with Crippen LogP contribution >= 0.6 is 11.3 Å². The first-order valence-corrected chi connectivity index (χ1v) is 10.2. The molecule has 8 heteroatoms. The number of hydrogen-bond donors (Lipinski definition) is 0. The molecule has 0 bridgehead atoms. The Hall–Kier alpha value is -2.53. The quantitative estimate of drug-likeness (QED) is 0.656. The number of thiophene rings is 1. The van der Waals surface area contributed by atoms with Gasteiger partial charge < -0.3 is 9.47 Å². The summed E-state index contributed by atoms with van der Waals surface area (Å²) in [4.78, 5) is 34.7. The second-order valence-electron chi connectivity index (χ2n) is 6.96. The van der Waals surface area contributed by atoms with Crippen molar-refractivity contribution in [2.24, 2.45) is 0 Å². The second-order valence-corrected chi connectivity index (χ2v) is 8.04. The van der Waals surface area contributed by atoms with E-state index in [-0.39, 0.29) is 25.7 Å². The number of nitrogens with zero attached hydrogens (tertiary/aromatic N) is 3. The standard InChI is InChI=1S/C20H23N3O4S/c1-26-15(24)7-9-20(11-21,10-8-16(25)27-2)18-17-13-5-3-4-6-14(13)28-19(17)23-12-22-18/h12H,3-10H2,1-2H3. The van der Waals surface area contributed by atoms with Crippen LogP contribution in [0.5, 0.6) is 0 Å². The molecule has 3 rings (SSSR count). The number of hydrogen-bond acceptors (Lipinski definition) is 8. The predicted molar refractivity (Wildman–Crippen MR) is 104 cm³/mol. The number of methoxy groups -OCH3 is 2. The van der Waals surface area contributed by atoms with Crippen molar-refractivity contribution in [3.05, 3.63) is 22.5 Å². The Morgan fingerprint density at radius 3 is 2.39 bits per heavy atom. The minimum Gasteiger partial charge on any atom is -0.469 e. The molecule has 0 spiro atoms. The van der Waals surface area contributed by atoms with Gasteiger partial charge in [-0.1, -0.05) is 0 Å². The number of aromatic nitrogens is 2. The van der Waals surface area contributed by atoms with Crippen molar-refractivity contribution >= 4 is 33.5 Å². The Bertz CT molecular complexity index is 911. The Morgan fingerprint density at radius 1 is 1.14 bits per heavy atom. The number of fused-ring (bicyclic) bond motifs is 3. The summed E-state index contributed by atoms with van der Waals surface area (Å²) in [5.74, 6) is -0.786. The molecular weight excluding hydrogens is 378 g/mol. The third kappa shape index (κ3) is 3.85. The van der Waals surface area contributed by atoms with Crippen LogP contribution in [0, 0.1) is 11.3 Å². The van der Waals surface area contributed by atoms with Crippen LogP contribution in [0.4, 0.5) is 0 Å². The van der Waals surface area contributed by atoms with E-state index in [9.17, 15) is 14.9 Å². The van der Waals surface area contributed by atoms with Gasteiger partial charge in [0.2, 0.25) is 0 Å². The van der Waals surface area contributed by atoms with E-state index in [0.717, 1.165) is 35.9 Å². The molecule has 0 atom stereocenters. The minimum absolute atomic E-state index is 0.0725. The highest BCUT2D eigenvalue weighted by molar-refractivity contribution is 7.18. The molecule has 1 aliphatic carbocycles. The smallest absolute Gasteiger partial charge is 0.305 e. The largest absolute Gasteiger partial charge is 0.469 e. The predicted octanol–water partition coefficient (Wildman–Crippen LogP) is 3.24. The molecule has 148 valence electrons. The number of ether oxygens (including phenoxy) is 2. The van der Waals surface area contributed by atoms with Gasteiger partial charge in [-0.15, -0.1) is 11.3 Å². The molecule has 0 amide bonds. The molecular formula is C20H23N3O4S. The monoisotopic (exact) mass is 401 g/mol. The van der Waals surface area contributed by atoms with Gasteiger partial charge in [-0.2, -0.15) is 5.26 Å². The summed E-state index contributed by atoms with van der Waals surface area (Å²) in [7, 11) is 2.64. The molecule has 0 fully saturated rings. The lowest BCUT2D eigenvalue weighted by atomic mass is 9.75. The summed E-state index contributed by atoms with van der Waals surface area (Å²) in [6.45, 7) is 0. The SMILES string of the molecule is COC(=O)CCC(C#N)(CCC(=O)OC)c1ncnc2sc3c(c12)CCCC3. The molecule has 0 unspecified atom stereocenters. The Morgan fingerprint density at radius 2 is 1.79 bits per heavy atom. The fourth-order valence-electron chi connectivity index (χ4n) is 3.81. The molecule has 0 radical (unpaired) electrons. The molecule has 1 aliphatic rings. The molecule has 0 aromatic carbocycles. The van der Waals surface area contributed by atoms with Gasteiger partial charge in [0.05, 0.1) is 26.0 Å². The topological polar surface area (TPSA) is 102 Å². The maximum absolute atomic E-state index is 11.8. The van der Waals surface area contributed by atoms with Crippen molar-refractivity contribution in [2.75, 3.05) is 14.2 Å². The van der Waals surface area contributed by atoms with Crippen molar-refractivity contribution in [3.8, 4) is 6.07 Å². The molecule has 28 heavy (non-hydrogen) atoms. The number of nitriles is 1. The summed E-state index contributed by atoms with van der Waals surface area (Å²) in [6, 6.07) is 2.38. The third-order valence-electron chi connectivity index (χ3n) is 5.39. The average molecular weight is 401 g/mol. The third-order valence-corrected chi connectivity index (χ3v) is 6.59. The van der Waals surface area contributed by atoms with E-state index in [1.54, 1.807) is 11.3 Å². The van der Waals surface area contributed by atoms with Crippen LogP contribution in [-0.2, 0) is 37.3 Å². The number of aryl methyl sites for hydroxylation is 2. The van der Waals surface area contributed by atoms with E-state index in [1.807, 2.05) is 0 Å². The number of carbonyl (C=O) groups is 2. The Labute approximate surface area is 167 Å². The highest BCUT2D eigenvalue weighted by atomic mass is 32.1. The van der Waals surface area contributed by atoms with Crippen molar-refractivity contribution in [1.82, 2.24) is 9.97 Å². The van der Waals surface area contributed by atoms with Gasteiger partial charge in [0.1, 0.15) is 16.6 Å². The van der Waals surface area contributed by atoms with Crippen LogP contribution in [-0.4, -0.2) is 36.1 Å². The molecule has 0 saturated heterocycles. The summed E-state index contributed by atoms with van der Waals surface area (Å²) in [5, 5.41) is 11.1. The van der Waals surface area contributed by atoms with Crippen LogP contribution in [0.3, 0.4) is 0 Å². The fourth-order valence-corrected chi connectivity index (χ4v) is 5.04. The first kappa shape index (κ1) is 20.2. The second kappa shape index (κ2) is 8.65. The summed E-state index contributed by atoms with van der Waals surface area (Å²) >= 11 is 1.65. The van der Waals surface area contributed by atoms with Crippen molar-refractivity contribution in [1.29, 1.82) is 5.26 Å². The maximum Gasteiger partial charge on any atom is 0.305 e. The van der Waals surface area contributed by atoms with E-state index < -0.39 is 17.4 Å². The van der Waals surface area contributed by atoms with Gasteiger partial charge in [-0.25, -0.2) is 9.97 Å². The van der Waals surface area contributed by atoms with E-state index >= 15 is 0 Å². The first-order valence-electron chi connectivity index (χ1n) is 9.35. The van der Waals surface area contributed by atoms with Gasteiger partial charge in [0.25, 0.3) is 0 Å². The summed E-state index contributed by atoms with van der Waals surface area (Å²) in [6.07, 6.45) is 6.26. The van der Waals surface area contributed by atoms with Crippen LogP contribution in [0.2, 0.25) is 0 Å². The highest BCUT2D eigenvalue weighted by Crippen LogP contribution is 2.43. The average Bonchev–Trinajstić information content (AvgIpc) is 3.12. The number of rotatable bonds is 7. The zero-order chi connectivity index (χ0) is 20.1. The van der Waals surface area contributed by atoms with Crippen LogP contribution in [0.1, 0.15) is 54.7 Å². The van der Waals surface area contributed by atoms with Gasteiger partial charge >= 0.3 is 11.9 Å². The number of esters is 2. The van der Waals surface area contributed by atoms with Crippen molar-refractivity contribution < 1.29 is 19.1 Å². The van der Waals surface area contributed by atoms with Gasteiger partial charge in [0, 0.05) is 23.1 Å². The zero-order valence-electron chi connectivity index (χ0n) is 16.1. The lowest BCUT2D eigenvalue weighted by Crippen LogP contribution is -2.29. The summed E-state index contributed by atoms with van der Waals surface area (Å²) in [5.41, 5.74) is 0.750. The minimum atomic E-state index is -1.09. The lowest BCUT2D eigenvalue weighted by Gasteiger charge is -2.26. The lowest BCUT2D eigenvalue weighted by molar-refractivity contribution is -0.141. The molecule has 0 aliphatic heterocycles. The molecule has 2 aromatic rings. The van der Waals surface area contributed by atoms with E-state index in [4.69, 9.17) is 9.47 Å². The molecule has 2 heterocycles. The Kier molecular flexibility index (Phi) is 6.25. The van der Waals surface area contributed by atoms with E-state index in [1.165, 1.54) is 31.0 Å². The first-order chi connectivity index (χ1) is 13.5. The molecule has 2 aromatic heterocycles. The van der Waals surface area contributed by atoms with Gasteiger partial charge in [-0.05, 0) is 44.1 Å². The maximum atomic E-state index is 11.8. The normalized spacial score (nSPS) is 13.6. The molecule has 7 nitrogen and oxygen atoms in total. The van der Waals surface area contributed by atoms with Gasteiger partial charge in [0.15, 0.2) is 0 Å². The Balaban J connectivity index is 2.10. The van der Waals surface area contributed by atoms with Crippen molar-refractivity contribution in [2.45, 2.75) is 56.8 Å². The van der Waals surface area contributed by atoms with E-state index in [2.05, 4.69) is 16.0 Å². The van der Waals surface area contributed by atoms with Crippen LogP contribution in [0.25, 0.3) is 10.2 Å². The fraction of sp³-hybridized carbons (Fsp3) is 0.550. The molecule has 0 saturated carbocycles. The van der Waals surface area contributed by atoms with Crippen molar-refractivity contribution in [3.63, 3.8) is 0 Å². The number of carbonyl (C=O) groups excluding carboxylic acids is 2. The zero-order valence-corrected chi connectivity index (χ0v) is 16.9. The highest BCUT2D eigenvalue weighted by Gasteiger charge is 2.38. The van der Waals surface area contributed by atoms with E-state index in [0.29, 0.717) is 5.69 Å². The van der Waals surface area contributed by atoms with Crippen LogP contribution in [0.15, 0.2) is 6.33 Å². The summed E-state index contributed by atoms with van der Waals surface area (Å²) < 4.78 is 9.53.